The number of aromatic nitrogens is 3. The number of β-amino-alcohol motifs (C(OH)–C–C–N with tert-alkyl or cyclic N) is 1. The number of rotatable bonds is 9. The van der Waals surface area contributed by atoms with Crippen LogP contribution in [0.25, 0.3) is 22.2 Å². The molecule has 0 spiro atoms. The van der Waals surface area contributed by atoms with Crippen molar-refractivity contribution in [2.75, 3.05) is 19.6 Å². The van der Waals surface area contributed by atoms with Crippen molar-refractivity contribution in [2.45, 2.75) is 50.9 Å². The van der Waals surface area contributed by atoms with Crippen LogP contribution in [-0.4, -0.2) is 62.9 Å². The van der Waals surface area contributed by atoms with Crippen LogP contribution in [0.1, 0.15) is 54.7 Å². The first-order chi connectivity index (χ1) is 19.0. The molecule has 1 amide bonds. The summed E-state index contributed by atoms with van der Waals surface area (Å²) in [5, 5.41) is 21.4. The summed E-state index contributed by atoms with van der Waals surface area (Å²) in [6.07, 6.45) is 5.77. The summed E-state index contributed by atoms with van der Waals surface area (Å²) in [7, 11) is 0. The van der Waals surface area contributed by atoms with E-state index in [0.29, 0.717) is 18.0 Å². The Morgan fingerprint density at radius 1 is 1.10 bits per heavy atom. The van der Waals surface area contributed by atoms with Crippen molar-refractivity contribution in [3.05, 3.63) is 78.1 Å². The standard InChI is InChI=1S/C31H35N5O3/c1-20(37)19-36-16-13-25(14-17-36)39-24-10-7-21(8-11-24)29-26-18-23(9-12-27(26)34-35-29)31(38)33-30(22-5-6-22)28-4-2-3-15-32-28/h2-4,7-12,15,18,20,22,25,30,37H,5-6,13-14,16-17,19H2,1H3,(H,33,38)(H,34,35)/t20-,30+/m1/s1. The molecule has 2 atom stereocenters. The first-order valence-electron chi connectivity index (χ1n) is 13.9. The molecule has 8 nitrogen and oxygen atoms in total. The highest BCUT2D eigenvalue weighted by Gasteiger charge is 2.34. The Morgan fingerprint density at radius 2 is 1.90 bits per heavy atom. The number of benzene rings is 2. The molecule has 3 N–H and O–H groups in total. The maximum Gasteiger partial charge on any atom is 0.251 e. The number of ether oxygens (including phenoxy) is 1. The molecule has 39 heavy (non-hydrogen) atoms. The average Bonchev–Trinajstić information content (AvgIpc) is 3.71. The van der Waals surface area contributed by atoms with E-state index in [9.17, 15) is 9.90 Å². The maximum atomic E-state index is 13.3. The number of pyridine rings is 1. The summed E-state index contributed by atoms with van der Waals surface area (Å²) in [4.78, 5) is 20.1. The highest BCUT2D eigenvalue weighted by Crippen LogP contribution is 2.40. The van der Waals surface area contributed by atoms with E-state index in [1.54, 1.807) is 6.20 Å². The summed E-state index contributed by atoms with van der Waals surface area (Å²) in [5.74, 6) is 1.18. The van der Waals surface area contributed by atoms with Crippen molar-refractivity contribution in [1.29, 1.82) is 0 Å². The summed E-state index contributed by atoms with van der Waals surface area (Å²) in [6, 6.07) is 19.4. The Kier molecular flexibility index (Phi) is 7.30. The van der Waals surface area contributed by atoms with Crippen LogP contribution in [-0.2, 0) is 0 Å². The van der Waals surface area contributed by atoms with Gasteiger partial charge in [0.25, 0.3) is 5.91 Å². The summed E-state index contributed by atoms with van der Waals surface area (Å²) in [6.45, 7) is 4.42. The lowest BCUT2D eigenvalue weighted by molar-refractivity contribution is 0.0673. The molecule has 2 aromatic carbocycles. The number of carbonyl (C=O) groups excluding carboxylic acids is 1. The molecule has 202 valence electrons. The number of carbonyl (C=O) groups is 1. The van der Waals surface area contributed by atoms with Gasteiger partial charge in [-0.3, -0.25) is 14.9 Å². The molecule has 1 saturated carbocycles. The van der Waals surface area contributed by atoms with Crippen LogP contribution in [0.15, 0.2) is 66.9 Å². The fraction of sp³-hybridized carbons (Fsp3) is 0.387. The lowest BCUT2D eigenvalue weighted by atomic mass is 10.0. The number of hydrogen-bond acceptors (Lipinski definition) is 6. The summed E-state index contributed by atoms with van der Waals surface area (Å²) in [5.41, 5.74) is 4.16. The normalized spacial score (nSPS) is 18.1. The lowest BCUT2D eigenvalue weighted by Crippen LogP contribution is -2.41. The number of fused-ring (bicyclic) bond motifs is 1. The second kappa shape index (κ2) is 11.2. The van der Waals surface area contributed by atoms with Gasteiger partial charge >= 0.3 is 0 Å². The zero-order valence-electron chi connectivity index (χ0n) is 22.2. The predicted octanol–water partition coefficient (Wildman–Crippen LogP) is 4.73. The molecule has 1 aliphatic carbocycles. The minimum Gasteiger partial charge on any atom is -0.490 e. The average molecular weight is 526 g/mol. The molecule has 4 aromatic rings. The smallest absolute Gasteiger partial charge is 0.251 e. The minimum absolute atomic E-state index is 0.0729. The largest absolute Gasteiger partial charge is 0.490 e. The fourth-order valence-corrected chi connectivity index (χ4v) is 5.49. The van der Waals surface area contributed by atoms with Gasteiger partial charge in [-0.1, -0.05) is 6.07 Å². The fourth-order valence-electron chi connectivity index (χ4n) is 5.49. The van der Waals surface area contributed by atoms with E-state index in [-0.39, 0.29) is 24.2 Å². The van der Waals surface area contributed by atoms with Gasteiger partial charge in [0.15, 0.2) is 0 Å². The van der Waals surface area contributed by atoms with Crippen molar-refractivity contribution in [2.24, 2.45) is 5.92 Å². The molecule has 1 aliphatic heterocycles. The van der Waals surface area contributed by atoms with Crippen LogP contribution in [0.2, 0.25) is 0 Å². The number of aliphatic hydroxyl groups excluding tert-OH is 1. The molecule has 0 bridgehead atoms. The topological polar surface area (TPSA) is 103 Å². The van der Waals surface area contributed by atoms with Gasteiger partial charge in [-0.05, 0) is 93.1 Å². The molecular weight excluding hydrogens is 490 g/mol. The molecule has 0 unspecified atom stereocenters. The second-order valence-electron chi connectivity index (χ2n) is 10.9. The van der Waals surface area contributed by atoms with E-state index in [1.807, 2.05) is 67.6 Å². The third-order valence-electron chi connectivity index (χ3n) is 7.70. The zero-order chi connectivity index (χ0) is 26.8. The number of H-pyrrole nitrogens is 1. The van der Waals surface area contributed by atoms with E-state index in [4.69, 9.17) is 4.74 Å². The molecule has 1 saturated heterocycles. The van der Waals surface area contributed by atoms with Crippen molar-refractivity contribution in [3.63, 3.8) is 0 Å². The van der Waals surface area contributed by atoms with Gasteiger partial charge < -0.3 is 20.1 Å². The molecule has 2 aliphatic rings. The highest BCUT2D eigenvalue weighted by molar-refractivity contribution is 6.01. The third kappa shape index (κ3) is 5.97. The van der Waals surface area contributed by atoms with E-state index in [1.165, 1.54) is 0 Å². The molecule has 8 heteroatoms. The van der Waals surface area contributed by atoms with Gasteiger partial charge in [-0.25, -0.2) is 0 Å². The first kappa shape index (κ1) is 25.5. The molecule has 0 radical (unpaired) electrons. The Hall–Kier alpha value is -3.75. The Balaban J connectivity index is 1.14. The van der Waals surface area contributed by atoms with Crippen LogP contribution in [0, 0.1) is 5.92 Å². The number of likely N-dealkylation sites (tertiary alicyclic amines) is 1. The van der Waals surface area contributed by atoms with Gasteiger partial charge in [0, 0.05) is 42.3 Å². The minimum atomic E-state index is -0.301. The van der Waals surface area contributed by atoms with Crippen molar-refractivity contribution in [1.82, 2.24) is 25.4 Å². The Bertz CT molecular complexity index is 1410. The SMILES string of the molecule is C[C@@H](O)CN1CCC(Oc2ccc(-c3n[nH]c4ccc(C(=O)N[C@H](c5ccccn5)C5CC5)cc34)cc2)CC1. The number of aromatic amines is 1. The van der Waals surface area contributed by atoms with E-state index >= 15 is 0 Å². The van der Waals surface area contributed by atoms with Gasteiger partial charge in [-0.15, -0.1) is 0 Å². The van der Waals surface area contributed by atoms with Crippen LogP contribution < -0.4 is 10.1 Å². The quantitative estimate of drug-likeness (QED) is 0.292. The van der Waals surface area contributed by atoms with Crippen molar-refractivity contribution >= 4 is 16.8 Å². The summed E-state index contributed by atoms with van der Waals surface area (Å²) >= 11 is 0. The van der Waals surface area contributed by atoms with Gasteiger partial charge in [0.05, 0.1) is 29.1 Å². The number of hydrogen-bond donors (Lipinski definition) is 3. The molecular formula is C31H35N5O3. The molecule has 2 fully saturated rings. The maximum absolute atomic E-state index is 13.3. The first-order valence-corrected chi connectivity index (χ1v) is 13.9. The van der Waals surface area contributed by atoms with Crippen LogP contribution in [0.3, 0.4) is 0 Å². The Morgan fingerprint density at radius 3 is 2.59 bits per heavy atom. The van der Waals surface area contributed by atoms with E-state index in [0.717, 1.165) is 72.4 Å². The number of piperidine rings is 1. The number of aliphatic hydroxyl groups is 1. The van der Waals surface area contributed by atoms with Crippen molar-refractivity contribution in [3.8, 4) is 17.0 Å². The zero-order valence-corrected chi connectivity index (χ0v) is 22.2. The van der Waals surface area contributed by atoms with Crippen LogP contribution >= 0.6 is 0 Å². The highest BCUT2D eigenvalue weighted by atomic mass is 16.5. The number of nitrogens with one attached hydrogen (secondary N) is 2. The molecule has 6 rings (SSSR count). The van der Waals surface area contributed by atoms with Crippen LogP contribution in [0.4, 0.5) is 0 Å². The Labute approximate surface area is 228 Å². The van der Waals surface area contributed by atoms with E-state index < -0.39 is 0 Å². The lowest BCUT2D eigenvalue weighted by Gasteiger charge is -2.32. The van der Waals surface area contributed by atoms with Crippen molar-refractivity contribution < 1.29 is 14.6 Å². The summed E-state index contributed by atoms with van der Waals surface area (Å²) < 4.78 is 6.24. The molecule has 2 aromatic heterocycles. The van der Waals surface area contributed by atoms with E-state index in [2.05, 4.69) is 25.4 Å². The molecule has 3 heterocycles. The predicted molar refractivity (Wildman–Crippen MR) is 150 cm³/mol. The number of amides is 1. The number of nitrogens with zero attached hydrogens (tertiary/aromatic N) is 3. The van der Waals surface area contributed by atoms with Crippen LogP contribution in [0.5, 0.6) is 5.75 Å². The monoisotopic (exact) mass is 525 g/mol. The van der Waals surface area contributed by atoms with Gasteiger partial charge in [0.2, 0.25) is 0 Å². The third-order valence-corrected chi connectivity index (χ3v) is 7.70. The van der Waals surface area contributed by atoms with Gasteiger partial charge in [0.1, 0.15) is 11.9 Å². The second-order valence-corrected chi connectivity index (χ2v) is 10.9. The van der Waals surface area contributed by atoms with Gasteiger partial charge in [-0.2, -0.15) is 5.10 Å².